The smallest absolute Gasteiger partial charge is 0.146 e. The van der Waals surface area contributed by atoms with Gasteiger partial charge in [-0.2, -0.15) is 0 Å². The van der Waals surface area contributed by atoms with Crippen molar-refractivity contribution in [3.63, 3.8) is 0 Å². The van der Waals surface area contributed by atoms with E-state index >= 15 is 0 Å². The summed E-state index contributed by atoms with van der Waals surface area (Å²) in [6.45, 7) is 0. The van der Waals surface area contributed by atoms with Crippen molar-refractivity contribution in [1.82, 2.24) is 0 Å². The standard InChI is InChI=1S/C7H15BrO2Si2/c8-4-5-1-6(9-11)3-7(2-5)10-12/h4,6-7H,1-3H2,11-12H3. The molecule has 0 aromatic rings. The lowest BCUT2D eigenvalue weighted by atomic mass is 9.91. The van der Waals surface area contributed by atoms with Gasteiger partial charge in [-0.1, -0.05) is 21.5 Å². The summed E-state index contributed by atoms with van der Waals surface area (Å²) in [7, 11) is 1.66. The van der Waals surface area contributed by atoms with Gasteiger partial charge in [-0.25, -0.2) is 0 Å². The molecule has 0 spiro atoms. The molecule has 0 amide bonds. The topological polar surface area (TPSA) is 18.5 Å². The molecule has 1 rings (SSSR count). The third kappa shape index (κ3) is 2.81. The summed E-state index contributed by atoms with van der Waals surface area (Å²) in [5.41, 5.74) is 1.42. The van der Waals surface area contributed by atoms with Crippen LogP contribution in [-0.2, 0) is 8.85 Å². The average molecular weight is 267 g/mol. The molecule has 0 aromatic carbocycles. The largest absolute Gasteiger partial charge is 0.425 e. The van der Waals surface area contributed by atoms with E-state index in [4.69, 9.17) is 8.85 Å². The van der Waals surface area contributed by atoms with Crippen molar-refractivity contribution in [2.75, 3.05) is 0 Å². The van der Waals surface area contributed by atoms with E-state index in [1.54, 1.807) is 0 Å². The van der Waals surface area contributed by atoms with Gasteiger partial charge in [0.15, 0.2) is 0 Å². The van der Waals surface area contributed by atoms with Crippen LogP contribution in [0.15, 0.2) is 10.6 Å². The minimum Gasteiger partial charge on any atom is -0.425 e. The molecule has 0 heterocycles. The van der Waals surface area contributed by atoms with E-state index in [1.807, 2.05) is 4.99 Å². The van der Waals surface area contributed by atoms with Crippen LogP contribution in [0.3, 0.4) is 0 Å². The van der Waals surface area contributed by atoms with Crippen LogP contribution in [0.1, 0.15) is 19.3 Å². The van der Waals surface area contributed by atoms with Crippen LogP contribution in [0, 0.1) is 0 Å². The molecule has 1 saturated carbocycles. The highest BCUT2D eigenvalue weighted by molar-refractivity contribution is 9.11. The van der Waals surface area contributed by atoms with E-state index in [2.05, 4.69) is 15.9 Å². The summed E-state index contributed by atoms with van der Waals surface area (Å²) in [6.07, 6.45) is 4.06. The molecule has 0 N–H and O–H groups in total. The summed E-state index contributed by atoms with van der Waals surface area (Å²) in [4.78, 5) is 2.02. The minimum atomic E-state index is 0.410. The predicted octanol–water partition coefficient (Wildman–Crippen LogP) is -0.220. The predicted molar refractivity (Wildman–Crippen MR) is 60.5 cm³/mol. The fraction of sp³-hybridized carbons (Fsp3) is 0.714. The quantitative estimate of drug-likeness (QED) is 0.644. The first-order chi connectivity index (χ1) is 5.80. The first-order valence-electron chi connectivity index (χ1n) is 4.13. The SMILES string of the molecule is [SiH3]OC1CC(=CBr)CC(O[SiH3])C1. The average Bonchev–Trinajstić information content (AvgIpc) is 2.16. The summed E-state index contributed by atoms with van der Waals surface area (Å²) < 4.78 is 10.9. The van der Waals surface area contributed by atoms with Crippen LogP contribution in [-0.4, -0.2) is 33.2 Å². The fourth-order valence-electron chi connectivity index (χ4n) is 1.58. The van der Waals surface area contributed by atoms with Crippen LogP contribution < -0.4 is 0 Å². The van der Waals surface area contributed by atoms with Gasteiger partial charge in [-0.15, -0.1) is 0 Å². The molecular formula is C7H15BrO2Si2. The molecular weight excluding hydrogens is 252 g/mol. The number of halogens is 1. The Kier molecular flexibility index (Phi) is 4.74. The van der Waals surface area contributed by atoms with E-state index in [9.17, 15) is 0 Å². The van der Waals surface area contributed by atoms with E-state index < -0.39 is 0 Å². The summed E-state index contributed by atoms with van der Waals surface area (Å²) in [5.74, 6) is 0. The Morgan fingerprint density at radius 2 is 1.75 bits per heavy atom. The van der Waals surface area contributed by atoms with Crippen LogP contribution in [0.25, 0.3) is 0 Å². The minimum absolute atomic E-state index is 0.410. The maximum atomic E-state index is 5.47. The Hall–Kier alpha value is 0.574. The molecule has 0 radical (unpaired) electrons. The molecule has 2 unspecified atom stereocenters. The van der Waals surface area contributed by atoms with Crippen molar-refractivity contribution in [3.05, 3.63) is 10.6 Å². The highest BCUT2D eigenvalue weighted by Crippen LogP contribution is 2.27. The zero-order chi connectivity index (χ0) is 8.97. The second kappa shape index (κ2) is 5.34. The van der Waals surface area contributed by atoms with Gasteiger partial charge < -0.3 is 8.85 Å². The van der Waals surface area contributed by atoms with Crippen LogP contribution >= 0.6 is 15.9 Å². The fourth-order valence-corrected chi connectivity index (χ4v) is 2.67. The first-order valence-corrected chi connectivity index (χ1v) is 6.68. The Morgan fingerprint density at radius 1 is 1.25 bits per heavy atom. The molecule has 12 heavy (non-hydrogen) atoms. The van der Waals surface area contributed by atoms with Gasteiger partial charge in [0.25, 0.3) is 0 Å². The lowest BCUT2D eigenvalue weighted by Crippen LogP contribution is -2.28. The van der Waals surface area contributed by atoms with Crippen molar-refractivity contribution in [2.45, 2.75) is 31.5 Å². The maximum absolute atomic E-state index is 5.47. The van der Waals surface area contributed by atoms with Gasteiger partial charge in [0, 0.05) is 12.2 Å². The van der Waals surface area contributed by atoms with Gasteiger partial charge in [0.2, 0.25) is 0 Å². The molecule has 1 fully saturated rings. The van der Waals surface area contributed by atoms with E-state index in [0.717, 1.165) is 40.2 Å². The van der Waals surface area contributed by atoms with Gasteiger partial charge >= 0.3 is 0 Å². The molecule has 2 nitrogen and oxygen atoms in total. The van der Waals surface area contributed by atoms with E-state index in [1.165, 1.54) is 5.57 Å². The molecule has 1 aliphatic carbocycles. The second-order valence-electron chi connectivity index (χ2n) is 3.13. The van der Waals surface area contributed by atoms with Crippen molar-refractivity contribution in [3.8, 4) is 0 Å². The van der Waals surface area contributed by atoms with Gasteiger partial charge in [-0.05, 0) is 24.2 Å². The summed E-state index contributed by atoms with van der Waals surface area (Å²) in [6, 6.07) is 0. The third-order valence-corrected chi connectivity index (χ3v) is 4.31. The first kappa shape index (κ1) is 10.7. The Labute approximate surface area is 87.9 Å². The zero-order valence-electron chi connectivity index (χ0n) is 7.55. The summed E-state index contributed by atoms with van der Waals surface area (Å²) >= 11 is 3.37. The summed E-state index contributed by atoms with van der Waals surface area (Å²) in [5, 5.41) is 0. The van der Waals surface area contributed by atoms with Crippen LogP contribution in [0.5, 0.6) is 0 Å². The molecule has 0 aromatic heterocycles. The molecule has 1 aliphatic rings. The number of rotatable bonds is 2. The Morgan fingerprint density at radius 3 is 2.08 bits per heavy atom. The Balaban J connectivity index is 2.52. The van der Waals surface area contributed by atoms with Crippen molar-refractivity contribution >= 4 is 36.9 Å². The highest BCUT2D eigenvalue weighted by atomic mass is 79.9. The zero-order valence-corrected chi connectivity index (χ0v) is 13.1. The molecule has 2 atom stereocenters. The van der Waals surface area contributed by atoms with Crippen molar-refractivity contribution in [1.29, 1.82) is 0 Å². The van der Waals surface area contributed by atoms with E-state index in [0.29, 0.717) is 12.2 Å². The monoisotopic (exact) mass is 266 g/mol. The van der Waals surface area contributed by atoms with Crippen molar-refractivity contribution < 1.29 is 8.85 Å². The normalized spacial score (nSPS) is 30.9. The van der Waals surface area contributed by atoms with Gasteiger partial charge in [0.05, 0.1) is 0 Å². The van der Waals surface area contributed by atoms with Gasteiger partial charge in [-0.3, -0.25) is 0 Å². The second-order valence-corrected chi connectivity index (χ2v) is 4.53. The molecule has 0 saturated heterocycles. The third-order valence-electron chi connectivity index (χ3n) is 2.33. The van der Waals surface area contributed by atoms with Crippen LogP contribution in [0.2, 0.25) is 0 Å². The number of hydrogen-bond acceptors (Lipinski definition) is 2. The van der Waals surface area contributed by atoms with E-state index in [-0.39, 0.29) is 0 Å². The van der Waals surface area contributed by atoms with Crippen LogP contribution in [0.4, 0.5) is 0 Å². The number of hydrogen-bond donors (Lipinski definition) is 0. The van der Waals surface area contributed by atoms with Crippen molar-refractivity contribution in [2.24, 2.45) is 0 Å². The molecule has 70 valence electrons. The maximum Gasteiger partial charge on any atom is 0.146 e. The molecule has 0 bridgehead atoms. The Bertz CT molecular complexity index is 161. The lowest BCUT2D eigenvalue weighted by molar-refractivity contribution is 0.102. The highest BCUT2D eigenvalue weighted by Gasteiger charge is 2.23. The van der Waals surface area contributed by atoms with Gasteiger partial charge in [0.1, 0.15) is 21.0 Å². The molecule has 0 aliphatic heterocycles. The molecule has 5 heteroatoms. The lowest BCUT2D eigenvalue weighted by Gasteiger charge is -2.29.